The minimum absolute atomic E-state index is 0.301. The van der Waals surface area contributed by atoms with Crippen LogP contribution >= 0.6 is 11.3 Å². The van der Waals surface area contributed by atoms with Gasteiger partial charge >= 0.3 is 0 Å². The van der Waals surface area contributed by atoms with E-state index < -0.39 is 5.91 Å². The third kappa shape index (κ3) is 3.80. The molecular formula is C20H22N2O3S. The van der Waals surface area contributed by atoms with Gasteiger partial charge < -0.3 is 15.8 Å². The van der Waals surface area contributed by atoms with Gasteiger partial charge in [-0.15, -0.1) is 11.3 Å². The normalized spacial score (nSPS) is 16.3. The Morgan fingerprint density at radius 1 is 1.35 bits per heavy atom. The van der Waals surface area contributed by atoms with E-state index in [-0.39, 0.29) is 5.91 Å². The molecule has 0 bridgehead atoms. The average molecular weight is 370 g/mol. The number of fused-ring (bicyclic) bond motifs is 1. The number of nitrogens with one attached hydrogen (secondary N) is 1. The van der Waals surface area contributed by atoms with Crippen LogP contribution in [0.4, 0.5) is 5.00 Å². The molecule has 1 aromatic heterocycles. The van der Waals surface area contributed by atoms with Gasteiger partial charge in [0, 0.05) is 16.5 Å². The Morgan fingerprint density at radius 3 is 2.85 bits per heavy atom. The first-order valence-electron chi connectivity index (χ1n) is 8.56. The lowest BCUT2D eigenvalue weighted by molar-refractivity contribution is -0.111. The highest BCUT2D eigenvalue weighted by Crippen LogP contribution is 2.39. The van der Waals surface area contributed by atoms with Crippen LogP contribution < -0.4 is 15.8 Å². The van der Waals surface area contributed by atoms with E-state index >= 15 is 0 Å². The van der Waals surface area contributed by atoms with Crippen molar-refractivity contribution in [3.05, 3.63) is 51.9 Å². The van der Waals surface area contributed by atoms with E-state index in [1.165, 1.54) is 17.4 Å². The van der Waals surface area contributed by atoms with Crippen molar-refractivity contribution in [3.8, 4) is 5.75 Å². The van der Waals surface area contributed by atoms with Crippen LogP contribution in [0.3, 0.4) is 0 Å². The fourth-order valence-electron chi connectivity index (χ4n) is 3.22. The molecule has 0 saturated carbocycles. The lowest BCUT2D eigenvalue weighted by atomic mass is 9.88. The van der Waals surface area contributed by atoms with Crippen molar-refractivity contribution in [3.63, 3.8) is 0 Å². The van der Waals surface area contributed by atoms with Crippen LogP contribution in [0.25, 0.3) is 6.08 Å². The minimum Gasteiger partial charge on any atom is -0.496 e. The molecule has 3 rings (SSSR count). The second-order valence-corrected chi connectivity index (χ2v) is 7.59. The molecule has 6 heteroatoms. The maximum atomic E-state index is 12.4. The minimum atomic E-state index is -0.485. The molecule has 0 saturated heterocycles. The highest BCUT2D eigenvalue weighted by Gasteiger charge is 2.26. The maximum absolute atomic E-state index is 12.4. The number of anilines is 1. The van der Waals surface area contributed by atoms with Crippen molar-refractivity contribution in [1.29, 1.82) is 0 Å². The van der Waals surface area contributed by atoms with E-state index in [1.54, 1.807) is 13.2 Å². The predicted octanol–water partition coefficient (Wildman–Crippen LogP) is 3.63. The third-order valence-corrected chi connectivity index (χ3v) is 5.72. The van der Waals surface area contributed by atoms with Crippen LogP contribution in [0.1, 0.15) is 39.7 Å². The number of rotatable bonds is 5. The Balaban J connectivity index is 1.81. The Bertz CT molecular complexity index is 870. The summed E-state index contributed by atoms with van der Waals surface area (Å²) in [7, 11) is 1.59. The zero-order valence-electron chi connectivity index (χ0n) is 14.9. The van der Waals surface area contributed by atoms with Crippen LogP contribution in [0, 0.1) is 5.92 Å². The number of para-hydroxylation sites is 1. The van der Waals surface area contributed by atoms with Gasteiger partial charge in [-0.2, -0.15) is 0 Å². The first-order valence-corrected chi connectivity index (χ1v) is 9.37. The van der Waals surface area contributed by atoms with Gasteiger partial charge in [-0.1, -0.05) is 25.1 Å². The summed E-state index contributed by atoms with van der Waals surface area (Å²) in [5.74, 6) is 0.483. The summed E-state index contributed by atoms with van der Waals surface area (Å²) >= 11 is 1.46. The number of hydrogen-bond acceptors (Lipinski definition) is 4. The highest BCUT2D eigenvalue weighted by atomic mass is 32.1. The van der Waals surface area contributed by atoms with Gasteiger partial charge in [0.25, 0.3) is 5.91 Å². The zero-order chi connectivity index (χ0) is 18.7. The number of ether oxygens (including phenoxy) is 1. The van der Waals surface area contributed by atoms with Crippen molar-refractivity contribution in [2.24, 2.45) is 11.7 Å². The smallest absolute Gasteiger partial charge is 0.251 e. The molecule has 2 aromatic rings. The molecule has 0 radical (unpaired) electrons. The number of nitrogens with two attached hydrogens (primary N) is 1. The van der Waals surface area contributed by atoms with Crippen LogP contribution in [0.2, 0.25) is 0 Å². The van der Waals surface area contributed by atoms with Gasteiger partial charge in [-0.25, -0.2) is 0 Å². The monoisotopic (exact) mass is 370 g/mol. The molecule has 1 aliphatic carbocycles. The molecule has 1 unspecified atom stereocenters. The quantitative estimate of drug-likeness (QED) is 0.789. The van der Waals surface area contributed by atoms with Gasteiger partial charge in [0.15, 0.2) is 0 Å². The molecule has 0 fully saturated rings. The van der Waals surface area contributed by atoms with Crippen molar-refractivity contribution in [2.75, 3.05) is 12.4 Å². The van der Waals surface area contributed by atoms with E-state index in [2.05, 4.69) is 12.2 Å². The summed E-state index contributed by atoms with van der Waals surface area (Å²) in [6, 6.07) is 7.44. The second kappa shape index (κ2) is 7.74. The lowest BCUT2D eigenvalue weighted by Gasteiger charge is -2.18. The summed E-state index contributed by atoms with van der Waals surface area (Å²) < 4.78 is 5.27. The van der Waals surface area contributed by atoms with Gasteiger partial charge in [-0.05, 0) is 42.9 Å². The highest BCUT2D eigenvalue weighted by molar-refractivity contribution is 7.17. The van der Waals surface area contributed by atoms with E-state index in [0.29, 0.717) is 22.2 Å². The van der Waals surface area contributed by atoms with E-state index in [9.17, 15) is 9.59 Å². The van der Waals surface area contributed by atoms with Gasteiger partial charge in [0.05, 0.1) is 12.7 Å². The summed E-state index contributed by atoms with van der Waals surface area (Å²) in [5, 5.41) is 3.37. The SMILES string of the molecule is COc1ccccc1/C=C/C(=O)Nc1sc2c(c1C(N)=O)CCC(C)C2. The van der Waals surface area contributed by atoms with Crippen LogP contribution in [0.15, 0.2) is 30.3 Å². The molecule has 0 spiro atoms. The van der Waals surface area contributed by atoms with Crippen LogP contribution in [-0.4, -0.2) is 18.9 Å². The van der Waals surface area contributed by atoms with E-state index in [4.69, 9.17) is 10.5 Å². The lowest BCUT2D eigenvalue weighted by Crippen LogP contribution is -2.18. The topological polar surface area (TPSA) is 81.4 Å². The van der Waals surface area contributed by atoms with Gasteiger partial charge in [-0.3, -0.25) is 9.59 Å². The number of methoxy groups -OCH3 is 1. The summed E-state index contributed by atoms with van der Waals surface area (Å²) in [5.41, 5.74) is 7.86. The molecule has 136 valence electrons. The molecule has 1 atom stereocenters. The summed E-state index contributed by atoms with van der Waals surface area (Å²) in [6.45, 7) is 2.20. The number of carbonyl (C=O) groups excluding carboxylic acids is 2. The van der Waals surface area contributed by atoms with Crippen LogP contribution in [-0.2, 0) is 17.6 Å². The van der Waals surface area contributed by atoms with E-state index in [1.807, 2.05) is 24.3 Å². The van der Waals surface area contributed by atoms with Gasteiger partial charge in [0.2, 0.25) is 5.91 Å². The van der Waals surface area contributed by atoms with Gasteiger partial charge in [0.1, 0.15) is 10.8 Å². The first-order chi connectivity index (χ1) is 12.5. The molecule has 2 amide bonds. The number of hydrogen-bond donors (Lipinski definition) is 2. The number of benzene rings is 1. The first kappa shape index (κ1) is 18.2. The molecule has 1 aromatic carbocycles. The van der Waals surface area contributed by atoms with E-state index in [0.717, 1.165) is 35.3 Å². The zero-order valence-corrected chi connectivity index (χ0v) is 15.7. The molecule has 26 heavy (non-hydrogen) atoms. The molecular weight excluding hydrogens is 348 g/mol. The number of carbonyl (C=O) groups is 2. The summed E-state index contributed by atoms with van der Waals surface area (Å²) in [6.07, 6.45) is 5.91. The Kier molecular flexibility index (Phi) is 5.42. The molecule has 0 aliphatic heterocycles. The number of thiophene rings is 1. The molecule has 5 nitrogen and oxygen atoms in total. The Morgan fingerprint density at radius 2 is 2.12 bits per heavy atom. The molecule has 1 heterocycles. The number of primary amides is 1. The standard InChI is InChI=1S/C20H22N2O3S/c1-12-7-9-14-16(11-12)26-20(18(14)19(21)24)22-17(23)10-8-13-5-3-4-6-15(13)25-2/h3-6,8,10,12H,7,9,11H2,1-2H3,(H2,21,24)(H,22,23)/b10-8+. The maximum Gasteiger partial charge on any atom is 0.251 e. The van der Waals surface area contributed by atoms with Crippen molar-refractivity contribution in [2.45, 2.75) is 26.2 Å². The second-order valence-electron chi connectivity index (χ2n) is 6.48. The third-order valence-electron chi connectivity index (χ3n) is 4.55. The summed E-state index contributed by atoms with van der Waals surface area (Å²) in [4.78, 5) is 25.4. The molecule has 3 N–H and O–H groups in total. The van der Waals surface area contributed by atoms with Crippen molar-refractivity contribution < 1.29 is 14.3 Å². The Labute approximate surface area is 156 Å². The Hall–Kier alpha value is -2.60. The predicted molar refractivity (Wildman–Crippen MR) is 105 cm³/mol. The number of amides is 2. The average Bonchev–Trinajstić information content (AvgIpc) is 2.97. The van der Waals surface area contributed by atoms with Crippen LogP contribution in [0.5, 0.6) is 5.75 Å². The largest absolute Gasteiger partial charge is 0.496 e. The van der Waals surface area contributed by atoms with Crippen molar-refractivity contribution in [1.82, 2.24) is 0 Å². The van der Waals surface area contributed by atoms with Crippen molar-refractivity contribution >= 4 is 34.2 Å². The fourth-order valence-corrected chi connectivity index (χ4v) is 4.64. The fraction of sp³-hybridized carbons (Fsp3) is 0.300. The molecule has 1 aliphatic rings.